The van der Waals surface area contributed by atoms with Crippen LogP contribution in [0.4, 0.5) is 4.79 Å². The molecule has 1 N–H and O–H groups in total. The van der Waals surface area contributed by atoms with E-state index in [0.29, 0.717) is 12.0 Å². The molecule has 1 fully saturated rings. The summed E-state index contributed by atoms with van der Waals surface area (Å²) in [5.74, 6) is -0.381. The van der Waals surface area contributed by atoms with E-state index >= 15 is 0 Å². The third-order valence-electron chi connectivity index (χ3n) is 7.32. The summed E-state index contributed by atoms with van der Waals surface area (Å²) in [6, 6.07) is 16.8. The van der Waals surface area contributed by atoms with Crippen molar-refractivity contribution in [3.05, 3.63) is 71.3 Å². The van der Waals surface area contributed by atoms with Gasteiger partial charge in [0.2, 0.25) is 0 Å². The Bertz CT molecular complexity index is 984. The minimum atomic E-state index is -2.16. The molecule has 0 spiro atoms. The highest BCUT2D eigenvalue weighted by molar-refractivity contribution is 6.74. The molecule has 1 saturated heterocycles. The van der Waals surface area contributed by atoms with Crippen molar-refractivity contribution < 1.29 is 23.9 Å². The van der Waals surface area contributed by atoms with Gasteiger partial charge in [0.15, 0.2) is 8.32 Å². The molecule has 7 heteroatoms. The third-order valence-corrected chi connectivity index (χ3v) is 11.8. The Hall–Kier alpha value is -2.64. The van der Waals surface area contributed by atoms with Gasteiger partial charge in [0.25, 0.3) is 0 Å². The van der Waals surface area contributed by atoms with Crippen molar-refractivity contribution in [2.75, 3.05) is 7.11 Å². The number of carbonyl (C=O) groups is 2. The van der Waals surface area contributed by atoms with E-state index in [2.05, 4.69) is 33.9 Å². The van der Waals surface area contributed by atoms with Crippen LogP contribution in [0, 0.1) is 0 Å². The molecule has 3 rings (SSSR count). The molecule has 0 bridgehead atoms. The van der Waals surface area contributed by atoms with E-state index in [1.54, 1.807) is 17.0 Å². The maximum Gasteiger partial charge on any atom is 0.407 e. The molecule has 1 aliphatic heterocycles. The number of ether oxygens (including phenoxy) is 1. The summed E-state index contributed by atoms with van der Waals surface area (Å²) in [6.45, 7) is 11.0. The van der Waals surface area contributed by atoms with E-state index in [1.165, 1.54) is 7.11 Å². The van der Waals surface area contributed by atoms with Crippen LogP contribution in [-0.2, 0) is 15.6 Å². The Balaban J connectivity index is 1.88. The van der Waals surface area contributed by atoms with Crippen molar-refractivity contribution >= 4 is 20.4 Å². The van der Waals surface area contributed by atoms with Crippen LogP contribution in [0.25, 0.3) is 0 Å². The maximum absolute atomic E-state index is 12.5. The van der Waals surface area contributed by atoms with Crippen LogP contribution >= 0.6 is 0 Å². The lowest BCUT2D eigenvalue weighted by molar-refractivity contribution is 0.0597. The molecule has 2 aromatic carbocycles. The molecule has 2 aromatic rings. The molecule has 0 radical (unpaired) electrons. The van der Waals surface area contributed by atoms with Crippen molar-refractivity contribution in [2.45, 2.75) is 76.4 Å². The largest absolute Gasteiger partial charge is 0.465 e. The van der Waals surface area contributed by atoms with E-state index < -0.39 is 14.4 Å². The molecule has 1 aliphatic rings. The Kier molecular flexibility index (Phi) is 7.88. The Morgan fingerprint density at radius 3 is 2.21 bits per heavy atom. The van der Waals surface area contributed by atoms with Crippen molar-refractivity contribution in [1.29, 1.82) is 0 Å². The van der Waals surface area contributed by atoms with Crippen molar-refractivity contribution in [3.63, 3.8) is 0 Å². The van der Waals surface area contributed by atoms with E-state index in [1.807, 2.05) is 42.5 Å². The van der Waals surface area contributed by atoms with Gasteiger partial charge < -0.3 is 14.3 Å². The second-order valence-corrected chi connectivity index (χ2v) is 15.3. The first-order valence-electron chi connectivity index (χ1n) is 11.9. The fraction of sp³-hybridized carbons (Fsp3) is 0.481. The number of nitrogens with zero attached hydrogens (tertiary/aromatic N) is 1. The van der Waals surface area contributed by atoms with Gasteiger partial charge in [-0.05, 0) is 60.7 Å². The molecule has 0 aliphatic carbocycles. The molecule has 0 unspecified atom stereocenters. The zero-order chi connectivity index (χ0) is 25.1. The fourth-order valence-corrected chi connectivity index (χ4v) is 5.66. The van der Waals surface area contributed by atoms with Gasteiger partial charge in [0.05, 0.1) is 24.8 Å². The predicted octanol–water partition coefficient (Wildman–Crippen LogP) is 6.29. The molecule has 6 nitrogen and oxygen atoms in total. The number of benzene rings is 2. The van der Waals surface area contributed by atoms with Crippen molar-refractivity contribution in [3.8, 4) is 0 Å². The molecule has 0 aromatic heterocycles. The first-order valence-corrected chi connectivity index (χ1v) is 14.8. The lowest BCUT2D eigenvalue weighted by Crippen LogP contribution is -2.49. The number of carbonyl (C=O) groups excluding carboxylic acids is 1. The molecule has 1 heterocycles. The van der Waals surface area contributed by atoms with Gasteiger partial charge in [-0.25, -0.2) is 9.59 Å². The summed E-state index contributed by atoms with van der Waals surface area (Å²) in [4.78, 5) is 25.9. The average Bonchev–Trinajstić information content (AvgIpc) is 3.20. The van der Waals surface area contributed by atoms with Gasteiger partial charge >= 0.3 is 12.1 Å². The highest BCUT2D eigenvalue weighted by Gasteiger charge is 2.46. The summed E-state index contributed by atoms with van der Waals surface area (Å²) in [7, 11) is -0.807. The first-order chi connectivity index (χ1) is 15.9. The van der Waals surface area contributed by atoms with Crippen molar-refractivity contribution in [2.24, 2.45) is 0 Å². The lowest BCUT2D eigenvalue weighted by Gasteiger charge is -2.42. The molecular formula is C27H37NO5Si. The molecule has 1 amide bonds. The summed E-state index contributed by atoms with van der Waals surface area (Å²) >= 11 is 0. The van der Waals surface area contributed by atoms with Crippen LogP contribution in [0.1, 0.15) is 61.2 Å². The average molecular weight is 484 g/mol. The minimum absolute atomic E-state index is 0.00741. The second kappa shape index (κ2) is 10.3. The van der Waals surface area contributed by atoms with Crippen LogP contribution in [0.3, 0.4) is 0 Å². The summed E-state index contributed by atoms with van der Waals surface area (Å²) < 4.78 is 11.7. The number of hydrogen-bond donors (Lipinski definition) is 1. The number of methoxy groups -OCH3 is 1. The number of esters is 1. The first kappa shape index (κ1) is 26.0. The standard InChI is InChI=1S/C27H37NO5Si/c1-27(2,3)34(5,6)33-24(20-10-8-7-9-11-20)23-17-16-22(28(23)26(30)31)18-19-12-14-21(15-13-19)25(29)32-4/h7-15,22-24H,16-18H2,1-6H3,(H,30,31)/t22-,23+,24+/m0/s1. The maximum atomic E-state index is 12.5. The van der Waals surface area contributed by atoms with Gasteiger partial charge in [0, 0.05) is 6.04 Å². The number of carboxylic acid groups (broad SMARTS) is 1. The lowest BCUT2D eigenvalue weighted by atomic mass is 10.0. The normalized spacial score (nSPS) is 19.6. The van der Waals surface area contributed by atoms with Gasteiger partial charge in [-0.2, -0.15) is 0 Å². The summed E-state index contributed by atoms with van der Waals surface area (Å²) in [6.07, 6.45) is 0.861. The van der Waals surface area contributed by atoms with E-state index in [4.69, 9.17) is 9.16 Å². The van der Waals surface area contributed by atoms with Crippen molar-refractivity contribution in [1.82, 2.24) is 4.90 Å². The minimum Gasteiger partial charge on any atom is -0.465 e. The number of hydrogen-bond acceptors (Lipinski definition) is 4. The van der Waals surface area contributed by atoms with Crippen LogP contribution in [0.2, 0.25) is 18.1 Å². The molecule has 184 valence electrons. The second-order valence-electron chi connectivity index (χ2n) is 10.6. The number of likely N-dealkylation sites (tertiary alicyclic amines) is 1. The van der Waals surface area contributed by atoms with Gasteiger partial charge in [-0.1, -0.05) is 63.2 Å². The molecule has 3 atom stereocenters. The molecule has 34 heavy (non-hydrogen) atoms. The highest BCUT2D eigenvalue weighted by Crippen LogP contribution is 2.44. The SMILES string of the molecule is COC(=O)c1ccc(C[C@@H]2CC[C@H]([C@H](O[Si](C)(C)C(C)(C)C)c3ccccc3)N2C(=O)O)cc1. The topological polar surface area (TPSA) is 76.1 Å². The molecular weight excluding hydrogens is 446 g/mol. The number of rotatable bonds is 7. The smallest absolute Gasteiger partial charge is 0.407 e. The third kappa shape index (κ3) is 5.70. The Morgan fingerprint density at radius 1 is 1.06 bits per heavy atom. The quantitative estimate of drug-likeness (QED) is 0.370. The summed E-state index contributed by atoms with van der Waals surface area (Å²) in [5, 5.41) is 10.3. The monoisotopic (exact) mass is 483 g/mol. The number of amides is 1. The zero-order valence-electron chi connectivity index (χ0n) is 21.1. The van der Waals surface area contributed by atoms with Gasteiger partial charge in [-0.15, -0.1) is 0 Å². The van der Waals surface area contributed by atoms with E-state index in [-0.39, 0.29) is 29.2 Å². The summed E-state index contributed by atoms with van der Waals surface area (Å²) in [5.41, 5.74) is 2.50. The zero-order valence-corrected chi connectivity index (χ0v) is 22.1. The van der Waals surface area contributed by atoms with Gasteiger partial charge in [-0.3, -0.25) is 4.90 Å². The van der Waals surface area contributed by atoms with Crippen LogP contribution < -0.4 is 0 Å². The van der Waals surface area contributed by atoms with Crippen LogP contribution in [0.5, 0.6) is 0 Å². The Labute approximate surface area is 204 Å². The fourth-order valence-electron chi connectivity index (χ4n) is 4.38. The van der Waals surface area contributed by atoms with Gasteiger partial charge in [0.1, 0.15) is 0 Å². The molecule has 0 saturated carbocycles. The van der Waals surface area contributed by atoms with Crippen LogP contribution in [-0.4, -0.2) is 49.6 Å². The Morgan fingerprint density at radius 2 is 1.68 bits per heavy atom. The van der Waals surface area contributed by atoms with Crippen LogP contribution in [0.15, 0.2) is 54.6 Å². The highest BCUT2D eigenvalue weighted by atomic mass is 28.4. The predicted molar refractivity (Wildman–Crippen MR) is 136 cm³/mol. The van der Waals surface area contributed by atoms with E-state index in [0.717, 1.165) is 24.0 Å². The van der Waals surface area contributed by atoms with E-state index in [9.17, 15) is 14.7 Å².